The average Bonchev–Trinajstić information content (AvgIpc) is 2.72. The number of anilines is 1. The van der Waals surface area contributed by atoms with E-state index < -0.39 is 0 Å². The Morgan fingerprint density at radius 3 is 2.60 bits per heavy atom. The number of nitrogens with zero attached hydrogens (tertiary/aromatic N) is 2. The lowest BCUT2D eigenvalue weighted by Gasteiger charge is -2.20. The molecule has 6 heteroatoms. The molecule has 0 atom stereocenters. The molecule has 0 aliphatic heterocycles. The Labute approximate surface area is 176 Å². The standard InChI is InChI=1S/C24H25N3O3/c1-6-22(27-30-10-9-28)21-14-20(8-7-16(21)2)26-23(29)18-11-17(15-25)12-19(13-18)24(3,4)5/h6-9,11-14H,1,10H2,2-5H3,(H,26,29)/b27-22+. The second-order valence-corrected chi connectivity index (χ2v) is 7.79. The zero-order chi connectivity index (χ0) is 22.3. The number of carbonyl (C=O) groups is 2. The molecule has 0 bridgehead atoms. The van der Waals surface area contributed by atoms with Crippen LogP contribution in [0.15, 0.2) is 54.2 Å². The number of aryl methyl sites for hydroxylation is 1. The van der Waals surface area contributed by atoms with E-state index in [2.05, 4.69) is 23.1 Å². The number of carbonyl (C=O) groups excluding carboxylic acids is 2. The number of benzene rings is 2. The molecule has 0 saturated heterocycles. The van der Waals surface area contributed by atoms with Crippen molar-refractivity contribution in [2.24, 2.45) is 5.16 Å². The van der Waals surface area contributed by atoms with Gasteiger partial charge in [0.05, 0.1) is 11.6 Å². The van der Waals surface area contributed by atoms with Gasteiger partial charge in [-0.05, 0) is 59.9 Å². The third-order valence-corrected chi connectivity index (χ3v) is 4.46. The summed E-state index contributed by atoms with van der Waals surface area (Å²) in [5, 5.41) is 16.1. The smallest absolute Gasteiger partial charge is 0.255 e. The number of oxime groups is 1. The van der Waals surface area contributed by atoms with Gasteiger partial charge in [0.1, 0.15) is 5.71 Å². The molecule has 2 rings (SSSR count). The fourth-order valence-corrected chi connectivity index (χ4v) is 2.77. The number of nitriles is 1. The Morgan fingerprint density at radius 2 is 2.00 bits per heavy atom. The summed E-state index contributed by atoms with van der Waals surface area (Å²) in [6.45, 7) is 11.6. The highest BCUT2D eigenvalue weighted by molar-refractivity contribution is 6.10. The fraction of sp³-hybridized carbons (Fsp3) is 0.250. The van der Waals surface area contributed by atoms with Gasteiger partial charge in [0.25, 0.3) is 5.91 Å². The molecule has 0 unspecified atom stereocenters. The van der Waals surface area contributed by atoms with E-state index in [4.69, 9.17) is 4.84 Å². The van der Waals surface area contributed by atoms with Gasteiger partial charge < -0.3 is 10.2 Å². The van der Waals surface area contributed by atoms with Gasteiger partial charge in [-0.2, -0.15) is 5.26 Å². The van der Waals surface area contributed by atoms with E-state index in [1.807, 2.05) is 33.8 Å². The maximum Gasteiger partial charge on any atom is 0.255 e. The molecule has 0 aromatic heterocycles. The number of rotatable bonds is 7. The van der Waals surface area contributed by atoms with Crippen LogP contribution in [-0.4, -0.2) is 24.5 Å². The minimum Gasteiger partial charge on any atom is -0.388 e. The summed E-state index contributed by atoms with van der Waals surface area (Å²) in [6.07, 6.45) is 2.12. The predicted molar refractivity (Wildman–Crippen MR) is 118 cm³/mol. The third-order valence-electron chi connectivity index (χ3n) is 4.46. The maximum atomic E-state index is 12.9. The summed E-state index contributed by atoms with van der Waals surface area (Å²) >= 11 is 0. The Bertz CT molecular complexity index is 1040. The molecule has 154 valence electrons. The van der Waals surface area contributed by atoms with Crippen molar-refractivity contribution in [3.05, 3.63) is 76.9 Å². The Kier molecular flexibility index (Phi) is 7.27. The van der Waals surface area contributed by atoms with Crippen LogP contribution in [0, 0.1) is 18.3 Å². The molecule has 0 saturated carbocycles. The molecule has 2 aromatic rings. The van der Waals surface area contributed by atoms with E-state index in [1.54, 1.807) is 30.3 Å². The minimum atomic E-state index is -0.318. The summed E-state index contributed by atoms with van der Waals surface area (Å²) in [7, 11) is 0. The monoisotopic (exact) mass is 403 g/mol. The molecular formula is C24H25N3O3. The lowest BCUT2D eigenvalue weighted by Crippen LogP contribution is -2.16. The van der Waals surface area contributed by atoms with E-state index in [-0.39, 0.29) is 17.9 Å². The van der Waals surface area contributed by atoms with Crippen LogP contribution >= 0.6 is 0 Å². The SMILES string of the molecule is C=C/C(=N\OCC=O)c1cc(NC(=O)c2cc(C#N)cc(C(C)(C)C)c2)ccc1C. The van der Waals surface area contributed by atoms with Gasteiger partial charge >= 0.3 is 0 Å². The average molecular weight is 403 g/mol. The number of hydrogen-bond acceptors (Lipinski definition) is 5. The molecule has 1 N–H and O–H groups in total. The quantitative estimate of drug-likeness (QED) is 0.318. The van der Waals surface area contributed by atoms with Crippen LogP contribution in [0.3, 0.4) is 0 Å². The lowest BCUT2D eigenvalue weighted by atomic mass is 9.85. The lowest BCUT2D eigenvalue weighted by molar-refractivity contribution is -0.111. The molecular weight excluding hydrogens is 378 g/mol. The normalized spacial score (nSPS) is 11.4. The molecule has 6 nitrogen and oxygen atoms in total. The van der Waals surface area contributed by atoms with Gasteiger partial charge in [0.2, 0.25) is 0 Å². The first kappa shape index (κ1) is 22.6. The van der Waals surface area contributed by atoms with E-state index in [0.717, 1.165) is 16.7 Å². The van der Waals surface area contributed by atoms with Crippen molar-refractivity contribution in [2.45, 2.75) is 33.1 Å². The van der Waals surface area contributed by atoms with Crippen LogP contribution in [0.25, 0.3) is 0 Å². The topological polar surface area (TPSA) is 91.5 Å². The van der Waals surface area contributed by atoms with E-state index in [1.165, 1.54) is 6.08 Å². The van der Waals surface area contributed by atoms with E-state index in [9.17, 15) is 14.9 Å². The number of nitrogens with one attached hydrogen (secondary N) is 1. The number of amides is 1. The number of hydrogen-bond donors (Lipinski definition) is 1. The second-order valence-electron chi connectivity index (χ2n) is 7.79. The van der Waals surface area contributed by atoms with Crippen molar-refractivity contribution < 1.29 is 14.4 Å². The van der Waals surface area contributed by atoms with E-state index >= 15 is 0 Å². The van der Waals surface area contributed by atoms with Crippen molar-refractivity contribution in [2.75, 3.05) is 11.9 Å². The van der Waals surface area contributed by atoms with Crippen LogP contribution in [0.4, 0.5) is 5.69 Å². The van der Waals surface area contributed by atoms with Gasteiger partial charge in [-0.3, -0.25) is 9.59 Å². The molecule has 30 heavy (non-hydrogen) atoms. The Balaban J connectivity index is 2.36. The van der Waals surface area contributed by atoms with E-state index in [0.29, 0.717) is 28.8 Å². The van der Waals surface area contributed by atoms with Gasteiger partial charge in [-0.15, -0.1) is 0 Å². The third kappa shape index (κ3) is 5.65. The van der Waals surface area contributed by atoms with Crippen molar-refractivity contribution in [3.63, 3.8) is 0 Å². The summed E-state index contributed by atoms with van der Waals surface area (Å²) in [4.78, 5) is 28.2. The zero-order valence-electron chi connectivity index (χ0n) is 17.7. The maximum absolute atomic E-state index is 12.9. The minimum absolute atomic E-state index is 0.155. The van der Waals surface area contributed by atoms with Crippen molar-refractivity contribution in [3.8, 4) is 6.07 Å². The van der Waals surface area contributed by atoms with Crippen LogP contribution in [0.2, 0.25) is 0 Å². The summed E-state index contributed by atoms with van der Waals surface area (Å²) < 4.78 is 0. The molecule has 0 fully saturated rings. The largest absolute Gasteiger partial charge is 0.388 e. The van der Waals surface area contributed by atoms with Crippen molar-refractivity contribution in [1.82, 2.24) is 0 Å². The predicted octanol–water partition coefficient (Wildman–Crippen LogP) is 4.52. The van der Waals surface area contributed by atoms with Crippen LogP contribution in [0.5, 0.6) is 0 Å². The van der Waals surface area contributed by atoms with Crippen LogP contribution in [0.1, 0.15) is 53.4 Å². The van der Waals surface area contributed by atoms with Crippen LogP contribution < -0.4 is 5.32 Å². The summed E-state index contributed by atoms with van der Waals surface area (Å²) in [5.41, 5.74) is 4.19. The van der Waals surface area contributed by atoms with Gasteiger partial charge in [-0.25, -0.2) is 0 Å². The molecule has 0 spiro atoms. The number of allylic oxidation sites excluding steroid dienone is 1. The highest BCUT2D eigenvalue weighted by atomic mass is 16.6. The summed E-state index contributed by atoms with van der Waals surface area (Å²) in [5.74, 6) is -0.318. The summed E-state index contributed by atoms with van der Waals surface area (Å²) in [6, 6.07) is 12.7. The van der Waals surface area contributed by atoms with Crippen molar-refractivity contribution >= 4 is 23.6 Å². The molecule has 1 amide bonds. The molecule has 0 aliphatic rings. The second kappa shape index (κ2) is 9.66. The number of aldehydes is 1. The Morgan fingerprint density at radius 1 is 1.27 bits per heavy atom. The highest BCUT2D eigenvalue weighted by Gasteiger charge is 2.18. The van der Waals surface area contributed by atoms with Crippen molar-refractivity contribution in [1.29, 1.82) is 5.26 Å². The molecule has 0 aliphatic carbocycles. The molecule has 0 heterocycles. The first-order valence-corrected chi connectivity index (χ1v) is 9.43. The zero-order valence-corrected chi connectivity index (χ0v) is 17.7. The van der Waals surface area contributed by atoms with Crippen LogP contribution in [-0.2, 0) is 15.0 Å². The van der Waals surface area contributed by atoms with Gasteiger partial charge in [0, 0.05) is 16.8 Å². The first-order valence-electron chi connectivity index (χ1n) is 9.43. The molecule has 0 radical (unpaired) electrons. The Hall–Kier alpha value is -3.72. The highest BCUT2D eigenvalue weighted by Crippen LogP contribution is 2.25. The fourth-order valence-electron chi connectivity index (χ4n) is 2.77. The van der Waals surface area contributed by atoms with Gasteiger partial charge in [-0.1, -0.05) is 38.6 Å². The first-order chi connectivity index (χ1) is 14.2. The van der Waals surface area contributed by atoms with Gasteiger partial charge in [0.15, 0.2) is 12.9 Å². The molecule has 2 aromatic carbocycles.